The molecule has 0 amide bonds. The molecule has 0 spiro atoms. The molecule has 0 radical (unpaired) electrons. The monoisotopic (exact) mass is 608 g/mol. The molecule has 4 atom stereocenters. The van der Waals surface area contributed by atoms with Crippen LogP contribution >= 0.6 is 23.5 Å². The topological polar surface area (TPSA) is 74.6 Å². The third-order valence-corrected chi connectivity index (χ3v) is 12.5. The van der Waals surface area contributed by atoms with Gasteiger partial charge in [0.15, 0.2) is 5.41 Å². The van der Waals surface area contributed by atoms with Gasteiger partial charge in [-0.05, 0) is 59.8 Å². The van der Waals surface area contributed by atoms with Crippen molar-refractivity contribution in [1.29, 1.82) is 0 Å². The van der Waals surface area contributed by atoms with Gasteiger partial charge in [-0.15, -0.1) is 23.5 Å². The van der Waals surface area contributed by atoms with E-state index in [1.54, 1.807) is 0 Å². The summed E-state index contributed by atoms with van der Waals surface area (Å²) in [5.74, 6) is -3.49. The van der Waals surface area contributed by atoms with Crippen molar-refractivity contribution < 1.29 is 19.8 Å². The number of hydrogen-bond acceptors (Lipinski definition) is 4. The fourth-order valence-corrected chi connectivity index (χ4v) is 10.7. The van der Waals surface area contributed by atoms with E-state index < -0.39 is 29.2 Å². The van der Waals surface area contributed by atoms with E-state index in [4.69, 9.17) is 0 Å². The minimum Gasteiger partial charge on any atom is -0.480 e. The van der Waals surface area contributed by atoms with Gasteiger partial charge in [-0.3, -0.25) is 9.59 Å². The van der Waals surface area contributed by atoms with Crippen molar-refractivity contribution in [2.45, 2.75) is 46.7 Å². The fraction of sp³-hybridized carbons (Fsp3) is 0.297. The van der Waals surface area contributed by atoms with E-state index in [1.165, 1.54) is 0 Å². The van der Waals surface area contributed by atoms with Crippen molar-refractivity contribution in [3.05, 3.63) is 144 Å². The highest BCUT2D eigenvalue weighted by Gasteiger charge is 2.61. The van der Waals surface area contributed by atoms with Crippen molar-refractivity contribution in [2.75, 3.05) is 0 Å². The van der Waals surface area contributed by atoms with E-state index in [2.05, 4.69) is 48.5 Å². The van der Waals surface area contributed by atoms with E-state index in [0.717, 1.165) is 22.3 Å². The van der Waals surface area contributed by atoms with Crippen molar-refractivity contribution in [2.24, 2.45) is 17.3 Å². The molecule has 0 bridgehead atoms. The summed E-state index contributed by atoms with van der Waals surface area (Å²) in [6.07, 6.45) is 2.02. The second-order valence-electron chi connectivity index (χ2n) is 11.7. The van der Waals surface area contributed by atoms with Crippen LogP contribution in [0.2, 0.25) is 0 Å². The molecule has 4 unspecified atom stereocenters. The lowest BCUT2D eigenvalue weighted by Crippen LogP contribution is -2.53. The molecule has 2 heterocycles. The summed E-state index contributed by atoms with van der Waals surface area (Å²) in [5, 5.41) is 22.2. The first kappa shape index (κ1) is 29.6. The van der Waals surface area contributed by atoms with Crippen LogP contribution in [-0.2, 0) is 9.59 Å². The van der Waals surface area contributed by atoms with E-state index in [-0.39, 0.29) is 21.0 Å². The number of carboxylic acid groups (broad SMARTS) is 2. The summed E-state index contributed by atoms with van der Waals surface area (Å²) in [6, 6.07) is 40.6. The molecule has 2 fully saturated rings. The van der Waals surface area contributed by atoms with Crippen LogP contribution in [0.3, 0.4) is 0 Å². The van der Waals surface area contributed by atoms with Gasteiger partial charge in [0.25, 0.3) is 0 Å². The molecule has 2 N–H and O–H groups in total. The summed E-state index contributed by atoms with van der Waals surface area (Å²) in [4.78, 5) is 27.3. The molecule has 0 aromatic heterocycles. The van der Waals surface area contributed by atoms with Gasteiger partial charge >= 0.3 is 11.9 Å². The SMILES string of the molecule is O=C(O)C(C(=O)O)(C1CC(c2ccccc2)SC(c2ccccc2)C1)C1CC(c2ccccc2)SC(c2ccccc2)C1. The lowest BCUT2D eigenvalue weighted by Gasteiger charge is -2.48. The predicted molar refractivity (Wildman–Crippen MR) is 175 cm³/mol. The van der Waals surface area contributed by atoms with Gasteiger partial charge in [0.05, 0.1) is 0 Å². The van der Waals surface area contributed by atoms with Gasteiger partial charge in [0, 0.05) is 21.0 Å². The second-order valence-corrected chi connectivity index (χ2v) is 14.5. The summed E-state index contributed by atoms with van der Waals surface area (Å²) < 4.78 is 0. The van der Waals surface area contributed by atoms with E-state index in [9.17, 15) is 19.8 Å². The highest BCUT2D eigenvalue weighted by Crippen LogP contribution is 2.62. The van der Waals surface area contributed by atoms with Gasteiger partial charge < -0.3 is 10.2 Å². The maximum atomic E-state index is 13.6. The van der Waals surface area contributed by atoms with Gasteiger partial charge in [-0.2, -0.15) is 0 Å². The first-order valence-electron chi connectivity index (χ1n) is 14.9. The van der Waals surface area contributed by atoms with Crippen molar-refractivity contribution >= 4 is 35.5 Å². The number of carbonyl (C=O) groups is 2. The van der Waals surface area contributed by atoms with Crippen LogP contribution in [-0.4, -0.2) is 22.2 Å². The molecule has 4 aromatic carbocycles. The minimum absolute atomic E-state index is 0.00367. The highest BCUT2D eigenvalue weighted by atomic mass is 32.2. The molecule has 220 valence electrons. The van der Waals surface area contributed by atoms with Crippen LogP contribution in [0, 0.1) is 17.3 Å². The van der Waals surface area contributed by atoms with Crippen molar-refractivity contribution in [3.63, 3.8) is 0 Å². The third-order valence-electron chi connectivity index (χ3n) is 9.33. The molecule has 2 aliphatic rings. The number of thioether (sulfide) groups is 2. The third kappa shape index (κ3) is 6.00. The Bertz CT molecular complexity index is 1300. The molecule has 4 nitrogen and oxygen atoms in total. The quantitative estimate of drug-likeness (QED) is 0.194. The maximum absolute atomic E-state index is 13.6. The Labute approximate surface area is 261 Å². The summed E-state index contributed by atoms with van der Waals surface area (Å²) in [7, 11) is 0. The molecular formula is C37H36O4S2. The van der Waals surface area contributed by atoms with E-state index in [0.29, 0.717) is 25.7 Å². The number of benzene rings is 4. The molecule has 43 heavy (non-hydrogen) atoms. The Balaban J connectivity index is 1.45. The minimum atomic E-state index is -1.91. The van der Waals surface area contributed by atoms with Crippen molar-refractivity contribution in [1.82, 2.24) is 0 Å². The Morgan fingerprint density at radius 3 is 0.907 bits per heavy atom. The molecule has 6 rings (SSSR count). The lowest BCUT2D eigenvalue weighted by atomic mass is 9.60. The second kappa shape index (κ2) is 13.0. The Kier molecular flexibility index (Phi) is 8.96. The van der Waals surface area contributed by atoms with Crippen LogP contribution in [0.4, 0.5) is 0 Å². The average Bonchev–Trinajstić information content (AvgIpc) is 3.06. The maximum Gasteiger partial charge on any atom is 0.321 e. The van der Waals surface area contributed by atoms with Gasteiger partial charge in [-0.25, -0.2) is 0 Å². The lowest BCUT2D eigenvalue weighted by molar-refractivity contribution is -0.177. The fourth-order valence-electron chi connectivity index (χ4n) is 7.24. The van der Waals surface area contributed by atoms with Gasteiger partial charge in [0.2, 0.25) is 0 Å². The van der Waals surface area contributed by atoms with Crippen LogP contribution in [0.25, 0.3) is 0 Å². The van der Waals surface area contributed by atoms with E-state index in [1.807, 2.05) is 96.3 Å². The standard InChI is InChI=1S/C37H36O4S2/c38-35(39)37(36(40)41,29-21-31(25-13-5-1-6-14-25)42-32(22-29)26-15-7-2-8-16-26)30-23-33(27-17-9-3-10-18-27)43-34(24-30)28-19-11-4-12-20-28/h1-20,29-34H,21-24H2,(H,38,39)(H,40,41). The molecule has 4 aromatic rings. The number of rotatable bonds is 8. The predicted octanol–water partition coefficient (Wildman–Crippen LogP) is 9.39. The zero-order valence-corrected chi connectivity index (χ0v) is 25.5. The number of carboxylic acids is 2. The van der Waals surface area contributed by atoms with Crippen LogP contribution < -0.4 is 0 Å². The smallest absolute Gasteiger partial charge is 0.321 e. The number of hydrogen-bond donors (Lipinski definition) is 2. The van der Waals surface area contributed by atoms with Gasteiger partial charge in [0.1, 0.15) is 0 Å². The van der Waals surface area contributed by atoms with Gasteiger partial charge in [-0.1, -0.05) is 121 Å². The summed E-state index contributed by atoms with van der Waals surface area (Å²) in [5.41, 5.74) is 2.55. The zero-order valence-electron chi connectivity index (χ0n) is 23.9. The molecule has 0 aliphatic carbocycles. The van der Waals surface area contributed by atoms with Crippen LogP contribution in [0.5, 0.6) is 0 Å². The summed E-state index contributed by atoms with van der Waals surface area (Å²) >= 11 is 3.66. The number of aliphatic carboxylic acids is 2. The highest BCUT2D eigenvalue weighted by molar-refractivity contribution is 8.00. The first-order valence-corrected chi connectivity index (χ1v) is 16.8. The molecule has 2 aliphatic heterocycles. The Morgan fingerprint density at radius 2 is 0.698 bits per heavy atom. The summed E-state index contributed by atoms with van der Waals surface area (Å²) in [6.45, 7) is 0. The van der Waals surface area contributed by atoms with Crippen LogP contribution in [0.1, 0.15) is 68.9 Å². The molecule has 6 heteroatoms. The average molecular weight is 609 g/mol. The van der Waals surface area contributed by atoms with Crippen molar-refractivity contribution in [3.8, 4) is 0 Å². The Morgan fingerprint density at radius 1 is 0.465 bits per heavy atom. The zero-order chi connectivity index (χ0) is 29.8. The molecule has 2 saturated heterocycles. The molecule has 0 saturated carbocycles. The Hall–Kier alpha value is -3.48. The molecular weight excluding hydrogens is 573 g/mol. The van der Waals surface area contributed by atoms with Crippen LogP contribution in [0.15, 0.2) is 121 Å². The van der Waals surface area contributed by atoms with E-state index >= 15 is 0 Å². The first-order chi connectivity index (χ1) is 21.0. The normalized spacial score (nSPS) is 26.0. The largest absolute Gasteiger partial charge is 0.480 e.